The van der Waals surface area contributed by atoms with Gasteiger partial charge in [-0.2, -0.15) is 0 Å². The van der Waals surface area contributed by atoms with Crippen molar-refractivity contribution in [2.24, 2.45) is 0 Å². The molecule has 10 heteroatoms. The van der Waals surface area contributed by atoms with Crippen LogP contribution in [-0.4, -0.2) is 78.1 Å². The number of rotatable bonds is 11. The number of aliphatic carboxylic acids is 2. The Hall–Kier alpha value is -2.33. The number of unbranched alkanes of at least 4 members (excludes halogenated alkanes) is 1. The molecule has 0 radical (unpaired) electrons. The maximum Gasteiger partial charge on any atom is 0.382 e. The molecular formula is C17H29NO9. The first-order valence-electron chi connectivity index (χ1n) is 8.46. The molecule has 0 rings (SSSR count). The molecule has 0 saturated heterocycles. The topological polar surface area (TPSA) is 158 Å². The summed E-state index contributed by atoms with van der Waals surface area (Å²) in [6.45, 7) is 2.29. The van der Waals surface area contributed by atoms with Crippen molar-refractivity contribution in [2.45, 2.75) is 51.6 Å². The fourth-order valence-corrected chi connectivity index (χ4v) is 1.74. The third-order valence-corrected chi connectivity index (χ3v) is 2.90. The lowest BCUT2D eigenvalue weighted by Gasteiger charge is -2.26. The van der Waals surface area contributed by atoms with Crippen LogP contribution in [0.1, 0.15) is 45.4 Å². The van der Waals surface area contributed by atoms with E-state index in [1.54, 1.807) is 0 Å². The molecule has 0 heterocycles. The van der Waals surface area contributed by atoms with Crippen LogP contribution >= 0.6 is 0 Å². The summed E-state index contributed by atoms with van der Waals surface area (Å²) in [7, 11) is 5.66. The summed E-state index contributed by atoms with van der Waals surface area (Å²) in [6, 6.07) is 0. The Kier molecular flexibility index (Phi) is 13.8. The number of hydrogen-bond acceptors (Lipinski definition) is 8. The number of carbonyl (C=O) groups excluding carboxylic acids is 4. The molecule has 0 saturated carbocycles. The van der Waals surface area contributed by atoms with Crippen molar-refractivity contribution in [3.63, 3.8) is 0 Å². The fraction of sp³-hybridized carbons (Fsp3) is 0.706. The van der Waals surface area contributed by atoms with Crippen LogP contribution in [0.15, 0.2) is 0 Å². The smallest absolute Gasteiger partial charge is 0.382 e. The maximum atomic E-state index is 11.0. The summed E-state index contributed by atoms with van der Waals surface area (Å²) in [5, 5.41) is 27.4. The summed E-state index contributed by atoms with van der Waals surface area (Å²) in [5.41, 5.74) is 0. The average molecular weight is 391 g/mol. The van der Waals surface area contributed by atoms with Gasteiger partial charge in [-0.3, -0.25) is 14.4 Å². The van der Waals surface area contributed by atoms with Crippen LogP contribution in [0.4, 0.5) is 0 Å². The highest BCUT2D eigenvalue weighted by Crippen LogP contribution is 2.00. The summed E-state index contributed by atoms with van der Waals surface area (Å²) in [4.78, 5) is 53.0. The third kappa shape index (κ3) is 19.8. The van der Waals surface area contributed by atoms with Gasteiger partial charge in [-0.15, -0.1) is 0 Å². The van der Waals surface area contributed by atoms with Crippen molar-refractivity contribution < 1.29 is 48.5 Å². The van der Waals surface area contributed by atoms with E-state index in [-0.39, 0.29) is 12.8 Å². The molecule has 0 aliphatic heterocycles. The van der Waals surface area contributed by atoms with E-state index in [4.69, 9.17) is 10.2 Å². The lowest BCUT2D eigenvalue weighted by atomic mass is 10.2. The van der Waals surface area contributed by atoms with Crippen LogP contribution in [-0.2, 0) is 28.7 Å². The first-order valence-corrected chi connectivity index (χ1v) is 8.46. The van der Waals surface area contributed by atoms with Crippen molar-refractivity contribution in [3.8, 4) is 0 Å². The molecule has 0 aromatic carbocycles. The van der Waals surface area contributed by atoms with Crippen molar-refractivity contribution in [1.29, 1.82) is 0 Å². The number of quaternary nitrogens is 1. The van der Waals surface area contributed by atoms with Gasteiger partial charge in [-0.1, -0.05) is 13.3 Å². The molecule has 0 bridgehead atoms. The Labute approximate surface area is 158 Å². The Morgan fingerprint density at radius 1 is 1.04 bits per heavy atom. The highest BCUT2D eigenvalue weighted by molar-refractivity contribution is 6.35. The summed E-state index contributed by atoms with van der Waals surface area (Å²) in [5.74, 6) is -5.41. The molecule has 27 heavy (non-hydrogen) atoms. The predicted octanol–water partition coefficient (Wildman–Crippen LogP) is -1.13. The molecule has 2 N–H and O–H groups in total. The number of Topliss-reactive ketones (excluding diaryl/α,β-unsaturated/α-hetero) is 1. The van der Waals surface area contributed by atoms with Gasteiger partial charge in [-0.25, -0.2) is 4.79 Å². The molecule has 0 aliphatic carbocycles. The van der Waals surface area contributed by atoms with E-state index in [0.29, 0.717) is 17.4 Å². The van der Waals surface area contributed by atoms with Gasteiger partial charge < -0.3 is 29.3 Å². The Bertz CT molecular complexity index is 523. The van der Waals surface area contributed by atoms with E-state index in [1.165, 1.54) is 0 Å². The van der Waals surface area contributed by atoms with Crippen LogP contribution in [0.25, 0.3) is 0 Å². The zero-order valence-corrected chi connectivity index (χ0v) is 16.2. The van der Waals surface area contributed by atoms with E-state index >= 15 is 0 Å². The van der Waals surface area contributed by atoms with Gasteiger partial charge in [-0.05, 0) is 6.42 Å². The molecule has 0 aromatic heterocycles. The third-order valence-electron chi connectivity index (χ3n) is 2.90. The van der Waals surface area contributed by atoms with Crippen LogP contribution in [0.2, 0.25) is 0 Å². The van der Waals surface area contributed by atoms with Gasteiger partial charge in [0.15, 0.2) is 0 Å². The van der Waals surface area contributed by atoms with Crippen molar-refractivity contribution in [3.05, 3.63) is 0 Å². The number of hydrogen-bond donors (Lipinski definition) is 2. The minimum absolute atomic E-state index is 0.0778. The molecule has 156 valence electrons. The van der Waals surface area contributed by atoms with E-state index in [1.807, 2.05) is 28.1 Å². The number of esters is 2. The van der Waals surface area contributed by atoms with Gasteiger partial charge in [0.2, 0.25) is 5.78 Å². The SMILES string of the molecule is CCCCC(=O)OC(=O)C(=O)CCC(=O)O.C[N+](C)(C)C[C@H](O)CC(=O)[O-]. The van der Waals surface area contributed by atoms with Gasteiger partial charge in [0, 0.05) is 25.2 Å². The molecule has 0 fully saturated rings. The number of likely N-dealkylation sites (N-methyl/N-ethyl adjacent to an activating group) is 1. The molecule has 0 spiro atoms. The highest BCUT2D eigenvalue weighted by atomic mass is 16.6. The Morgan fingerprint density at radius 2 is 1.59 bits per heavy atom. The van der Waals surface area contributed by atoms with Crippen LogP contribution in [0.3, 0.4) is 0 Å². The van der Waals surface area contributed by atoms with Gasteiger partial charge in [0.05, 0.1) is 27.6 Å². The second kappa shape index (κ2) is 13.8. The molecule has 1 atom stereocenters. The average Bonchev–Trinajstić information content (AvgIpc) is 2.48. The zero-order chi connectivity index (χ0) is 21.6. The number of ketones is 1. The zero-order valence-electron chi connectivity index (χ0n) is 16.2. The molecule has 0 aliphatic rings. The highest BCUT2D eigenvalue weighted by Gasteiger charge is 2.19. The van der Waals surface area contributed by atoms with E-state index in [0.717, 1.165) is 6.42 Å². The monoisotopic (exact) mass is 391 g/mol. The molecule has 0 aromatic rings. The molecular weight excluding hydrogens is 362 g/mol. The largest absolute Gasteiger partial charge is 0.550 e. The summed E-state index contributed by atoms with van der Waals surface area (Å²) in [6.07, 6.45) is -0.554. The fourth-order valence-electron chi connectivity index (χ4n) is 1.74. The van der Waals surface area contributed by atoms with Crippen molar-refractivity contribution in [2.75, 3.05) is 27.7 Å². The number of ether oxygens (including phenoxy) is 1. The number of nitrogens with zero attached hydrogens (tertiary/aromatic N) is 1. The van der Waals surface area contributed by atoms with E-state index in [9.17, 15) is 29.1 Å². The number of carboxylic acids is 2. The second-order valence-corrected chi connectivity index (χ2v) is 6.88. The minimum atomic E-state index is -1.28. The van der Waals surface area contributed by atoms with Gasteiger partial charge in [0.25, 0.3) is 0 Å². The molecule has 0 amide bonds. The van der Waals surface area contributed by atoms with Gasteiger partial charge in [0.1, 0.15) is 12.6 Å². The first-order chi connectivity index (χ1) is 12.3. The minimum Gasteiger partial charge on any atom is -0.550 e. The second-order valence-electron chi connectivity index (χ2n) is 6.88. The number of carbonyl (C=O) groups is 5. The van der Waals surface area contributed by atoms with E-state index in [2.05, 4.69) is 4.74 Å². The molecule has 0 unspecified atom stereocenters. The number of aliphatic hydroxyl groups excluding tert-OH is 1. The van der Waals surface area contributed by atoms with Crippen LogP contribution < -0.4 is 5.11 Å². The van der Waals surface area contributed by atoms with E-state index < -0.39 is 48.6 Å². The van der Waals surface area contributed by atoms with Gasteiger partial charge >= 0.3 is 17.9 Å². The van der Waals surface area contributed by atoms with Crippen molar-refractivity contribution >= 4 is 29.7 Å². The normalized spacial score (nSPS) is 11.6. The first kappa shape index (κ1) is 26.9. The lowest BCUT2D eigenvalue weighted by Crippen LogP contribution is -2.43. The predicted molar refractivity (Wildman–Crippen MR) is 91.0 cm³/mol. The number of carboxylic acid groups (broad SMARTS) is 2. The quantitative estimate of drug-likeness (QED) is 0.192. The summed E-state index contributed by atoms with van der Waals surface area (Å²) < 4.78 is 4.78. The maximum absolute atomic E-state index is 11.0. The van der Waals surface area contributed by atoms with Crippen LogP contribution in [0, 0.1) is 0 Å². The standard InChI is InChI=1S/C10H14O6.C7H15NO3/c1-2-3-4-9(14)16-10(15)7(11)5-6-8(12)13;1-8(2,3)5-6(9)4-7(10)11/h2-6H2,1H3,(H,12,13);6,9H,4-5H2,1-3H3/t;6-/m.1/s1. The Morgan fingerprint density at radius 3 is 2.00 bits per heavy atom. The van der Waals surface area contributed by atoms with Crippen LogP contribution in [0.5, 0.6) is 0 Å². The number of aliphatic hydroxyl groups is 1. The molecule has 10 nitrogen and oxygen atoms in total. The summed E-state index contributed by atoms with van der Waals surface area (Å²) >= 11 is 0. The Balaban J connectivity index is 0. The lowest BCUT2D eigenvalue weighted by molar-refractivity contribution is -0.873. The van der Waals surface area contributed by atoms with Crippen molar-refractivity contribution in [1.82, 2.24) is 0 Å².